The molecule has 1 heterocycles. The molecule has 0 saturated heterocycles. The lowest BCUT2D eigenvalue weighted by molar-refractivity contribution is -0.934. The first-order valence-corrected chi connectivity index (χ1v) is 10.9. The van der Waals surface area contributed by atoms with Crippen molar-refractivity contribution in [3.63, 3.8) is 0 Å². The van der Waals surface area contributed by atoms with Crippen LogP contribution in [-0.2, 0) is 17.6 Å². The highest BCUT2D eigenvalue weighted by molar-refractivity contribution is 5.79. The summed E-state index contributed by atoms with van der Waals surface area (Å²) >= 11 is 0. The number of hydrogen-bond acceptors (Lipinski definition) is 3. The fourth-order valence-corrected chi connectivity index (χ4v) is 4.61. The molecule has 1 unspecified atom stereocenters. The Balaban J connectivity index is 1.93. The average molecular weight is 412 g/mol. The van der Waals surface area contributed by atoms with Crippen LogP contribution in [0, 0.1) is 5.92 Å². The maximum atomic E-state index is 12.9. The molecule has 0 aliphatic carbocycles. The van der Waals surface area contributed by atoms with Gasteiger partial charge in [0, 0.05) is 12.0 Å². The smallest absolute Gasteiger partial charge is 0.224 e. The zero-order valence-electron chi connectivity index (χ0n) is 18.8. The molecule has 1 amide bonds. The molecule has 0 fully saturated rings. The van der Waals surface area contributed by atoms with E-state index in [2.05, 4.69) is 38.2 Å². The third kappa shape index (κ3) is 4.78. The number of quaternary nitrogens is 1. The number of hydrogen-bond donors (Lipinski definition) is 2. The van der Waals surface area contributed by atoms with Crippen LogP contribution in [0.15, 0.2) is 42.5 Å². The van der Waals surface area contributed by atoms with E-state index in [1.165, 1.54) is 16.0 Å². The van der Waals surface area contributed by atoms with E-state index in [1.54, 1.807) is 14.2 Å². The first kappa shape index (κ1) is 22.2. The molecule has 1 aliphatic rings. The molecule has 3 rings (SSSR count). The Hall–Kier alpha value is -2.53. The third-order valence-electron chi connectivity index (χ3n) is 6.20. The zero-order valence-corrected chi connectivity index (χ0v) is 18.8. The van der Waals surface area contributed by atoms with Crippen LogP contribution >= 0.6 is 0 Å². The highest BCUT2D eigenvalue weighted by atomic mass is 16.5. The molecule has 5 nitrogen and oxygen atoms in total. The number of benzene rings is 2. The van der Waals surface area contributed by atoms with E-state index in [1.807, 2.05) is 30.3 Å². The fourth-order valence-electron chi connectivity index (χ4n) is 4.61. The summed E-state index contributed by atoms with van der Waals surface area (Å²) in [5.74, 6) is 1.89. The lowest BCUT2D eigenvalue weighted by atomic mass is 9.83. The van der Waals surface area contributed by atoms with Crippen molar-refractivity contribution in [2.45, 2.75) is 45.7 Å². The molecule has 30 heavy (non-hydrogen) atoms. The molecule has 5 heteroatoms. The van der Waals surface area contributed by atoms with E-state index in [-0.39, 0.29) is 18.0 Å². The Morgan fingerprint density at radius 2 is 1.80 bits per heavy atom. The summed E-state index contributed by atoms with van der Waals surface area (Å²) in [4.78, 5) is 14.4. The quantitative estimate of drug-likeness (QED) is 0.702. The van der Waals surface area contributed by atoms with Gasteiger partial charge < -0.3 is 19.7 Å². The van der Waals surface area contributed by atoms with Gasteiger partial charge in [0.2, 0.25) is 5.91 Å². The molecule has 162 valence electrons. The second-order valence-corrected chi connectivity index (χ2v) is 8.40. The maximum absolute atomic E-state index is 12.9. The number of carbonyl (C=O) groups is 1. The second-order valence-electron chi connectivity index (χ2n) is 8.40. The SMILES string of the molecule is CC[NH+]1CCc2cc(OC)c(OC)cc2[C@@H]1[C@H](NC(=O)Cc1ccccc1)C(C)C. The van der Waals surface area contributed by atoms with Crippen LogP contribution in [0.1, 0.15) is 43.5 Å². The molecule has 0 aromatic heterocycles. The first-order valence-electron chi connectivity index (χ1n) is 10.9. The van der Waals surface area contributed by atoms with Gasteiger partial charge in [-0.25, -0.2) is 0 Å². The molecule has 0 saturated carbocycles. The summed E-state index contributed by atoms with van der Waals surface area (Å²) in [5, 5.41) is 3.37. The summed E-state index contributed by atoms with van der Waals surface area (Å²) in [7, 11) is 3.35. The summed E-state index contributed by atoms with van der Waals surface area (Å²) in [6, 6.07) is 14.4. The predicted octanol–water partition coefficient (Wildman–Crippen LogP) is 2.59. The standard InChI is InChI=1S/C25H34N2O3/c1-6-27-13-12-19-15-21(29-4)22(30-5)16-20(19)25(27)24(17(2)3)26-23(28)14-18-10-8-7-9-11-18/h7-11,15-17,24-25H,6,12-14H2,1-5H3,(H,26,28)/p+1/t24-,25-/m1/s1. The minimum absolute atomic E-state index is 0.0355. The number of fused-ring (bicyclic) bond motifs is 1. The lowest BCUT2D eigenvalue weighted by Crippen LogP contribution is -3.14. The largest absolute Gasteiger partial charge is 0.493 e. The van der Waals surface area contributed by atoms with Crippen LogP contribution in [0.5, 0.6) is 11.5 Å². The number of nitrogens with one attached hydrogen (secondary N) is 2. The van der Waals surface area contributed by atoms with Crippen LogP contribution < -0.4 is 19.7 Å². The van der Waals surface area contributed by atoms with Gasteiger partial charge in [0.15, 0.2) is 11.5 Å². The number of carbonyl (C=O) groups excluding carboxylic acids is 1. The molecular formula is C25H35N2O3+. The van der Waals surface area contributed by atoms with Crippen molar-refractivity contribution in [3.8, 4) is 11.5 Å². The van der Waals surface area contributed by atoms with Crippen LogP contribution in [-0.4, -0.2) is 39.3 Å². The second kappa shape index (κ2) is 9.98. The number of methoxy groups -OCH3 is 2. The van der Waals surface area contributed by atoms with Gasteiger partial charge in [-0.3, -0.25) is 4.79 Å². The molecule has 1 aliphatic heterocycles. The Kier molecular flexibility index (Phi) is 7.38. The zero-order chi connectivity index (χ0) is 21.7. The third-order valence-corrected chi connectivity index (χ3v) is 6.20. The number of ether oxygens (including phenoxy) is 2. The van der Waals surface area contributed by atoms with Gasteiger partial charge in [-0.05, 0) is 36.1 Å². The normalized spacial score (nSPS) is 19.1. The van der Waals surface area contributed by atoms with Gasteiger partial charge in [0.1, 0.15) is 6.04 Å². The van der Waals surface area contributed by atoms with Gasteiger partial charge in [0.05, 0.1) is 39.8 Å². The average Bonchev–Trinajstić information content (AvgIpc) is 2.76. The number of amides is 1. The molecule has 2 aromatic rings. The van der Waals surface area contributed by atoms with Crippen LogP contribution in [0.4, 0.5) is 0 Å². The van der Waals surface area contributed by atoms with Gasteiger partial charge >= 0.3 is 0 Å². The highest BCUT2D eigenvalue weighted by Crippen LogP contribution is 2.36. The van der Waals surface area contributed by atoms with E-state index < -0.39 is 0 Å². The Morgan fingerprint density at radius 1 is 1.13 bits per heavy atom. The maximum Gasteiger partial charge on any atom is 0.224 e. The van der Waals surface area contributed by atoms with Crippen molar-refractivity contribution in [2.24, 2.45) is 5.92 Å². The molecule has 0 bridgehead atoms. The highest BCUT2D eigenvalue weighted by Gasteiger charge is 2.39. The summed E-state index contributed by atoms with van der Waals surface area (Å²) in [5.41, 5.74) is 3.58. The fraction of sp³-hybridized carbons (Fsp3) is 0.480. The van der Waals surface area contributed by atoms with Crippen LogP contribution in [0.2, 0.25) is 0 Å². The Bertz CT molecular complexity index is 851. The monoisotopic (exact) mass is 411 g/mol. The predicted molar refractivity (Wildman–Crippen MR) is 119 cm³/mol. The van der Waals surface area contributed by atoms with Crippen molar-refractivity contribution in [3.05, 3.63) is 59.2 Å². The Labute approximate surface area is 180 Å². The summed E-state index contributed by atoms with van der Waals surface area (Å²) in [6.45, 7) is 8.65. The van der Waals surface area contributed by atoms with E-state index in [4.69, 9.17) is 9.47 Å². The van der Waals surface area contributed by atoms with Crippen molar-refractivity contribution in [1.29, 1.82) is 0 Å². The molecule has 2 aromatic carbocycles. The summed E-state index contributed by atoms with van der Waals surface area (Å²) < 4.78 is 11.1. The van der Waals surface area contributed by atoms with Crippen molar-refractivity contribution in [2.75, 3.05) is 27.3 Å². The van der Waals surface area contributed by atoms with Gasteiger partial charge in [-0.15, -0.1) is 0 Å². The van der Waals surface area contributed by atoms with Crippen molar-refractivity contribution < 1.29 is 19.2 Å². The van der Waals surface area contributed by atoms with Crippen molar-refractivity contribution in [1.82, 2.24) is 5.32 Å². The lowest BCUT2D eigenvalue weighted by Gasteiger charge is -2.40. The van der Waals surface area contributed by atoms with E-state index >= 15 is 0 Å². The topological polar surface area (TPSA) is 52.0 Å². The minimum atomic E-state index is 0.0355. The molecule has 2 N–H and O–H groups in total. The molecule has 0 radical (unpaired) electrons. The summed E-state index contributed by atoms with van der Waals surface area (Å²) in [6.07, 6.45) is 1.40. The van der Waals surface area contributed by atoms with E-state index in [9.17, 15) is 4.79 Å². The van der Waals surface area contributed by atoms with Crippen LogP contribution in [0.25, 0.3) is 0 Å². The first-order chi connectivity index (χ1) is 14.5. The minimum Gasteiger partial charge on any atom is -0.493 e. The van der Waals surface area contributed by atoms with Gasteiger partial charge in [0.25, 0.3) is 0 Å². The molecular weight excluding hydrogens is 376 g/mol. The Morgan fingerprint density at radius 3 is 2.40 bits per heavy atom. The number of rotatable bonds is 8. The number of likely N-dealkylation sites (N-methyl/N-ethyl adjacent to an activating group) is 1. The van der Waals surface area contributed by atoms with Crippen molar-refractivity contribution >= 4 is 5.91 Å². The molecule has 0 spiro atoms. The van der Waals surface area contributed by atoms with Crippen LogP contribution in [0.3, 0.4) is 0 Å². The van der Waals surface area contributed by atoms with E-state index in [0.717, 1.165) is 36.6 Å². The van der Waals surface area contributed by atoms with E-state index in [0.29, 0.717) is 12.3 Å². The van der Waals surface area contributed by atoms with Gasteiger partial charge in [-0.2, -0.15) is 0 Å². The molecule has 3 atom stereocenters. The van der Waals surface area contributed by atoms with Gasteiger partial charge in [-0.1, -0.05) is 44.2 Å².